The van der Waals surface area contributed by atoms with Crippen LogP contribution in [-0.2, 0) is 11.8 Å². The molecule has 0 aromatic carbocycles. The van der Waals surface area contributed by atoms with Crippen LogP contribution in [0.2, 0.25) is 0 Å². The number of hydrogen-bond acceptors (Lipinski definition) is 2. The molecule has 0 radical (unpaired) electrons. The van der Waals surface area contributed by atoms with Crippen LogP contribution in [0.1, 0.15) is 50.3 Å². The quantitative estimate of drug-likeness (QED) is 0.908. The van der Waals surface area contributed by atoms with E-state index in [-0.39, 0.29) is 12.0 Å². The van der Waals surface area contributed by atoms with E-state index in [1.807, 2.05) is 0 Å². The van der Waals surface area contributed by atoms with E-state index in [2.05, 4.69) is 40.2 Å². The fraction of sp³-hybridized carbons (Fsp3) is 0.706. The molecular formula is C17H27N3O. The number of aryl methyl sites for hydroxylation is 1. The van der Waals surface area contributed by atoms with Gasteiger partial charge in [0.05, 0.1) is 12.0 Å². The Morgan fingerprint density at radius 2 is 2.14 bits per heavy atom. The SMILES string of the molecule is Cn1cccc1C1CCCCCN1C(=O)C1CCCNC1. The molecular weight excluding hydrogens is 262 g/mol. The molecule has 0 saturated carbocycles. The Hall–Kier alpha value is -1.29. The molecule has 4 heteroatoms. The second kappa shape index (κ2) is 6.65. The Bertz CT molecular complexity index is 476. The molecule has 2 atom stereocenters. The third kappa shape index (κ3) is 3.15. The number of likely N-dealkylation sites (tertiary alicyclic amines) is 1. The number of rotatable bonds is 2. The molecule has 1 amide bonds. The molecule has 21 heavy (non-hydrogen) atoms. The molecule has 4 nitrogen and oxygen atoms in total. The Kier molecular flexibility index (Phi) is 4.63. The van der Waals surface area contributed by atoms with Crippen molar-refractivity contribution in [3.63, 3.8) is 0 Å². The van der Waals surface area contributed by atoms with Gasteiger partial charge >= 0.3 is 0 Å². The van der Waals surface area contributed by atoms with Crippen LogP contribution in [0.15, 0.2) is 18.3 Å². The minimum absolute atomic E-state index is 0.180. The molecule has 1 N–H and O–H groups in total. The van der Waals surface area contributed by atoms with Crippen molar-refractivity contribution >= 4 is 5.91 Å². The molecule has 2 saturated heterocycles. The summed E-state index contributed by atoms with van der Waals surface area (Å²) in [5.74, 6) is 0.551. The van der Waals surface area contributed by atoms with Gasteiger partial charge in [-0.05, 0) is 44.4 Å². The molecule has 2 fully saturated rings. The molecule has 3 rings (SSSR count). The number of carbonyl (C=O) groups is 1. The highest BCUT2D eigenvalue weighted by molar-refractivity contribution is 5.79. The molecule has 3 heterocycles. The lowest BCUT2D eigenvalue weighted by atomic mass is 9.96. The van der Waals surface area contributed by atoms with Crippen LogP contribution in [0.25, 0.3) is 0 Å². The van der Waals surface area contributed by atoms with Crippen molar-refractivity contribution in [2.75, 3.05) is 19.6 Å². The Morgan fingerprint density at radius 1 is 1.24 bits per heavy atom. The van der Waals surface area contributed by atoms with Crippen molar-refractivity contribution in [2.45, 2.75) is 44.6 Å². The summed E-state index contributed by atoms with van der Waals surface area (Å²) in [5, 5.41) is 3.38. The van der Waals surface area contributed by atoms with Gasteiger partial charge < -0.3 is 14.8 Å². The van der Waals surface area contributed by atoms with Crippen LogP contribution in [0.5, 0.6) is 0 Å². The predicted octanol–water partition coefficient (Wildman–Crippen LogP) is 2.47. The first-order valence-electron chi connectivity index (χ1n) is 8.40. The Morgan fingerprint density at radius 3 is 2.86 bits per heavy atom. The largest absolute Gasteiger partial charge is 0.353 e. The van der Waals surface area contributed by atoms with Crippen LogP contribution in [0, 0.1) is 5.92 Å². The minimum Gasteiger partial charge on any atom is -0.353 e. The van der Waals surface area contributed by atoms with Gasteiger partial charge in [-0.1, -0.05) is 12.8 Å². The standard InChI is InChI=1S/C17H27N3O/c1-19-11-6-9-15(19)16-8-3-2-4-12-20(16)17(21)14-7-5-10-18-13-14/h6,9,11,14,16,18H,2-5,7-8,10,12-13H2,1H3. The molecule has 0 bridgehead atoms. The number of amides is 1. The summed E-state index contributed by atoms with van der Waals surface area (Å²) in [4.78, 5) is 15.2. The van der Waals surface area contributed by atoms with Crippen LogP contribution in [-0.4, -0.2) is 35.0 Å². The first-order chi connectivity index (χ1) is 10.3. The van der Waals surface area contributed by atoms with Gasteiger partial charge in [-0.2, -0.15) is 0 Å². The van der Waals surface area contributed by atoms with E-state index < -0.39 is 0 Å². The molecule has 2 aliphatic heterocycles. The fourth-order valence-electron chi connectivity index (χ4n) is 3.80. The zero-order chi connectivity index (χ0) is 14.7. The van der Waals surface area contributed by atoms with E-state index in [0.717, 1.165) is 45.3 Å². The first-order valence-corrected chi connectivity index (χ1v) is 8.40. The highest BCUT2D eigenvalue weighted by Gasteiger charge is 2.32. The van der Waals surface area contributed by atoms with E-state index in [1.54, 1.807) is 0 Å². The van der Waals surface area contributed by atoms with E-state index in [1.165, 1.54) is 18.5 Å². The maximum atomic E-state index is 13.0. The molecule has 0 spiro atoms. The van der Waals surface area contributed by atoms with Crippen molar-refractivity contribution in [2.24, 2.45) is 13.0 Å². The van der Waals surface area contributed by atoms with E-state index in [0.29, 0.717) is 5.91 Å². The van der Waals surface area contributed by atoms with Crippen LogP contribution in [0.4, 0.5) is 0 Å². The molecule has 1 aromatic heterocycles. The third-order valence-electron chi connectivity index (χ3n) is 5.01. The van der Waals surface area contributed by atoms with Gasteiger partial charge in [0.15, 0.2) is 0 Å². The second-order valence-corrected chi connectivity index (χ2v) is 6.48. The zero-order valence-electron chi connectivity index (χ0n) is 13.1. The van der Waals surface area contributed by atoms with E-state index in [9.17, 15) is 4.79 Å². The molecule has 2 aliphatic rings. The second-order valence-electron chi connectivity index (χ2n) is 6.48. The van der Waals surface area contributed by atoms with Crippen molar-refractivity contribution in [3.05, 3.63) is 24.0 Å². The molecule has 116 valence electrons. The van der Waals surface area contributed by atoms with Gasteiger partial charge in [-0.25, -0.2) is 0 Å². The zero-order valence-corrected chi connectivity index (χ0v) is 13.1. The summed E-state index contributed by atoms with van der Waals surface area (Å²) in [6.45, 7) is 2.84. The maximum absolute atomic E-state index is 13.0. The summed E-state index contributed by atoms with van der Waals surface area (Å²) >= 11 is 0. The number of nitrogens with one attached hydrogen (secondary N) is 1. The number of carbonyl (C=O) groups excluding carboxylic acids is 1. The third-order valence-corrected chi connectivity index (χ3v) is 5.01. The average Bonchev–Trinajstić information content (AvgIpc) is 2.80. The van der Waals surface area contributed by atoms with Crippen LogP contribution >= 0.6 is 0 Å². The van der Waals surface area contributed by atoms with Crippen molar-refractivity contribution in [1.29, 1.82) is 0 Å². The summed E-state index contributed by atoms with van der Waals surface area (Å²) in [5.41, 5.74) is 1.29. The van der Waals surface area contributed by atoms with Gasteiger partial charge in [-0.15, -0.1) is 0 Å². The normalized spacial score (nSPS) is 27.4. The number of hydrogen-bond donors (Lipinski definition) is 1. The van der Waals surface area contributed by atoms with Crippen molar-refractivity contribution in [1.82, 2.24) is 14.8 Å². The fourth-order valence-corrected chi connectivity index (χ4v) is 3.80. The van der Waals surface area contributed by atoms with Gasteiger partial charge in [0.1, 0.15) is 0 Å². The summed E-state index contributed by atoms with van der Waals surface area (Å²) in [6.07, 6.45) is 8.97. The van der Waals surface area contributed by atoms with Crippen LogP contribution in [0.3, 0.4) is 0 Å². The maximum Gasteiger partial charge on any atom is 0.227 e. The highest BCUT2D eigenvalue weighted by atomic mass is 16.2. The Labute approximate surface area is 127 Å². The lowest BCUT2D eigenvalue weighted by Crippen LogP contribution is -2.44. The monoisotopic (exact) mass is 289 g/mol. The average molecular weight is 289 g/mol. The first kappa shape index (κ1) is 14.6. The lowest BCUT2D eigenvalue weighted by molar-refractivity contribution is -0.138. The summed E-state index contributed by atoms with van der Waals surface area (Å²) in [7, 11) is 2.09. The van der Waals surface area contributed by atoms with Gasteiger partial charge in [0.25, 0.3) is 0 Å². The van der Waals surface area contributed by atoms with Gasteiger partial charge in [0.2, 0.25) is 5.91 Å². The molecule has 1 aromatic rings. The smallest absolute Gasteiger partial charge is 0.227 e. The van der Waals surface area contributed by atoms with E-state index in [4.69, 9.17) is 0 Å². The van der Waals surface area contributed by atoms with Crippen LogP contribution < -0.4 is 5.32 Å². The minimum atomic E-state index is 0.180. The highest BCUT2D eigenvalue weighted by Crippen LogP contribution is 2.32. The van der Waals surface area contributed by atoms with Crippen molar-refractivity contribution in [3.8, 4) is 0 Å². The Balaban J connectivity index is 1.81. The number of nitrogens with zero attached hydrogens (tertiary/aromatic N) is 2. The lowest BCUT2D eigenvalue weighted by Gasteiger charge is -2.35. The number of piperidine rings is 1. The molecule has 2 unspecified atom stereocenters. The summed E-state index contributed by atoms with van der Waals surface area (Å²) < 4.78 is 2.18. The summed E-state index contributed by atoms with van der Waals surface area (Å²) in [6, 6.07) is 4.53. The van der Waals surface area contributed by atoms with E-state index >= 15 is 0 Å². The van der Waals surface area contributed by atoms with Crippen molar-refractivity contribution < 1.29 is 4.79 Å². The number of aromatic nitrogens is 1. The van der Waals surface area contributed by atoms with Gasteiger partial charge in [-0.3, -0.25) is 4.79 Å². The predicted molar refractivity (Wildman–Crippen MR) is 83.9 cm³/mol. The molecule has 0 aliphatic carbocycles. The topological polar surface area (TPSA) is 37.3 Å². The van der Waals surface area contributed by atoms with Gasteiger partial charge in [0, 0.05) is 32.0 Å².